The molecule has 7 heteroatoms. The van der Waals surface area contributed by atoms with Gasteiger partial charge in [-0.1, -0.05) is 44.4 Å². The second kappa shape index (κ2) is 7.37. The molecule has 1 aromatic rings. The number of ether oxygens (including phenoxy) is 1. The molecule has 24 heavy (non-hydrogen) atoms. The van der Waals surface area contributed by atoms with Crippen LogP contribution >= 0.6 is 12.6 Å². The van der Waals surface area contributed by atoms with Crippen LogP contribution in [0.15, 0.2) is 41.1 Å². The minimum absolute atomic E-state index is 0.269. The Hall–Kier alpha value is -1.19. The summed E-state index contributed by atoms with van der Waals surface area (Å²) in [5, 5.41) is 3.87. The van der Waals surface area contributed by atoms with Crippen LogP contribution in [0.25, 0.3) is 0 Å². The highest BCUT2D eigenvalue weighted by molar-refractivity contribution is 7.84. The zero-order chi connectivity index (χ0) is 18.0. The summed E-state index contributed by atoms with van der Waals surface area (Å²) in [6.07, 6.45) is 0. The quantitative estimate of drug-likeness (QED) is 0.342. The number of hydrogen-bond donors (Lipinski definition) is 2. The van der Waals surface area contributed by atoms with Crippen molar-refractivity contribution in [3.8, 4) is 0 Å². The molecule has 0 bridgehead atoms. The lowest BCUT2D eigenvalue weighted by molar-refractivity contribution is -0.139. The lowest BCUT2D eigenvalue weighted by Crippen LogP contribution is -2.56. The summed E-state index contributed by atoms with van der Waals surface area (Å²) in [5.74, 6) is -0.269. The van der Waals surface area contributed by atoms with Crippen molar-refractivity contribution in [2.75, 3.05) is 11.9 Å². The summed E-state index contributed by atoms with van der Waals surface area (Å²) in [4.78, 5) is 12.8. The molecule has 0 saturated carbocycles. The van der Waals surface area contributed by atoms with Crippen molar-refractivity contribution in [2.45, 2.75) is 45.2 Å². The molecule has 1 heterocycles. The lowest BCUT2D eigenvalue weighted by Gasteiger charge is -2.42. The molecule has 1 saturated heterocycles. The monoisotopic (exact) mass is 380 g/mol. The molecule has 132 valence electrons. The molecule has 0 aromatic heterocycles. The number of rotatable bonds is 5. The molecular formula is C17H28N2O2SSi2. The van der Waals surface area contributed by atoms with Gasteiger partial charge in [0, 0.05) is 5.69 Å². The Morgan fingerprint density at radius 3 is 2.21 bits per heavy atom. The first-order valence-corrected chi connectivity index (χ1v) is 15.2. The van der Waals surface area contributed by atoms with Crippen molar-refractivity contribution >= 4 is 40.8 Å². The fraction of sp³-hybridized carbons (Fsp3) is 0.471. The van der Waals surface area contributed by atoms with Crippen molar-refractivity contribution in [3.05, 3.63) is 41.1 Å². The molecule has 1 aliphatic rings. The third-order valence-electron chi connectivity index (χ3n) is 4.51. The molecule has 4 nitrogen and oxygen atoms in total. The van der Waals surface area contributed by atoms with E-state index in [0.717, 1.165) is 5.69 Å². The van der Waals surface area contributed by atoms with Crippen LogP contribution in [-0.2, 0) is 9.53 Å². The molecule has 1 aliphatic heterocycles. The first kappa shape index (κ1) is 19.1. The molecule has 0 unspecified atom stereocenters. The molecule has 0 atom stereocenters. The fourth-order valence-electron chi connectivity index (χ4n) is 3.47. The normalized spacial score (nSPS) is 19.7. The standard InChI is InChI=1S/C17H28N2O2SSi2/c1-6-21-17(20)15(16(22)18-14-10-8-7-9-11-14)19-23(2,3)12-13-24(19,4)5/h7-11,18,22H,6,12-13H2,1-5H3/b16-15+. The maximum Gasteiger partial charge on any atom is 0.355 e. The number of carbonyl (C=O) groups excluding carboxylic acids is 1. The summed E-state index contributed by atoms with van der Waals surface area (Å²) in [7, 11) is -3.38. The number of benzene rings is 1. The second-order valence-electron chi connectivity index (χ2n) is 7.37. The van der Waals surface area contributed by atoms with Gasteiger partial charge in [0.1, 0.15) is 22.2 Å². The van der Waals surface area contributed by atoms with Gasteiger partial charge < -0.3 is 14.3 Å². The number of para-hydroxylation sites is 1. The Kier molecular flexibility index (Phi) is 5.88. The average molecular weight is 381 g/mol. The average Bonchev–Trinajstić information content (AvgIpc) is 2.72. The third kappa shape index (κ3) is 4.07. The van der Waals surface area contributed by atoms with E-state index in [0.29, 0.717) is 17.3 Å². The zero-order valence-electron chi connectivity index (χ0n) is 15.2. The Morgan fingerprint density at radius 1 is 1.17 bits per heavy atom. The van der Waals surface area contributed by atoms with E-state index in [1.165, 1.54) is 12.1 Å². The smallest absolute Gasteiger partial charge is 0.355 e. The first-order chi connectivity index (χ1) is 11.2. The summed E-state index contributed by atoms with van der Waals surface area (Å²) in [6.45, 7) is 11.5. The highest BCUT2D eigenvalue weighted by atomic mass is 32.1. The lowest BCUT2D eigenvalue weighted by atomic mass is 10.3. The largest absolute Gasteiger partial charge is 0.461 e. The molecule has 0 spiro atoms. The van der Waals surface area contributed by atoms with Crippen molar-refractivity contribution in [1.29, 1.82) is 0 Å². The second-order valence-corrected chi connectivity index (χ2v) is 17.4. The Morgan fingerprint density at radius 2 is 1.71 bits per heavy atom. The number of nitrogens with one attached hydrogen (secondary N) is 1. The van der Waals surface area contributed by atoms with Gasteiger partial charge in [0.2, 0.25) is 0 Å². The SMILES string of the molecule is CCOC(=O)/C(=C(\S)Nc1ccccc1)N1[Si](C)(C)CC[Si]1(C)C. The third-order valence-corrected chi connectivity index (χ3v) is 14.8. The number of thiol groups is 1. The molecule has 0 radical (unpaired) electrons. The van der Waals surface area contributed by atoms with Crippen LogP contribution in [0.5, 0.6) is 0 Å². The minimum Gasteiger partial charge on any atom is -0.461 e. The highest BCUT2D eigenvalue weighted by Gasteiger charge is 2.50. The van der Waals surface area contributed by atoms with E-state index in [1.54, 1.807) is 0 Å². The number of carbonyl (C=O) groups is 1. The van der Waals surface area contributed by atoms with Gasteiger partial charge in [-0.3, -0.25) is 0 Å². The van der Waals surface area contributed by atoms with Crippen LogP contribution in [0.4, 0.5) is 5.69 Å². The van der Waals surface area contributed by atoms with Gasteiger partial charge >= 0.3 is 5.97 Å². The Labute approximate surface area is 152 Å². The summed E-state index contributed by atoms with van der Waals surface area (Å²) < 4.78 is 7.82. The Bertz CT molecular complexity index is 617. The van der Waals surface area contributed by atoms with Crippen molar-refractivity contribution in [2.24, 2.45) is 0 Å². The molecule has 1 aromatic carbocycles. The maximum absolute atomic E-state index is 12.8. The van der Waals surface area contributed by atoms with Crippen LogP contribution in [-0.4, -0.2) is 33.3 Å². The van der Waals surface area contributed by atoms with E-state index in [9.17, 15) is 4.79 Å². The summed E-state index contributed by atoms with van der Waals surface area (Å²) >= 11 is 4.67. The van der Waals surface area contributed by atoms with Crippen LogP contribution in [0.1, 0.15) is 6.92 Å². The molecule has 0 amide bonds. The molecule has 1 fully saturated rings. The number of nitrogens with zero attached hydrogens (tertiary/aromatic N) is 1. The minimum atomic E-state index is -1.69. The van der Waals surface area contributed by atoms with E-state index < -0.39 is 16.5 Å². The van der Waals surface area contributed by atoms with Gasteiger partial charge in [-0.2, -0.15) is 0 Å². The van der Waals surface area contributed by atoms with Gasteiger partial charge in [-0.15, -0.1) is 12.6 Å². The van der Waals surface area contributed by atoms with Crippen LogP contribution in [0.3, 0.4) is 0 Å². The van der Waals surface area contributed by atoms with Gasteiger partial charge in [0.05, 0.1) is 11.6 Å². The van der Waals surface area contributed by atoms with Gasteiger partial charge in [0.25, 0.3) is 0 Å². The highest BCUT2D eigenvalue weighted by Crippen LogP contribution is 2.41. The van der Waals surface area contributed by atoms with Crippen molar-refractivity contribution in [1.82, 2.24) is 4.23 Å². The van der Waals surface area contributed by atoms with Crippen molar-refractivity contribution in [3.63, 3.8) is 0 Å². The van der Waals surface area contributed by atoms with E-state index in [1.807, 2.05) is 37.3 Å². The number of anilines is 1. The predicted molar refractivity (Wildman–Crippen MR) is 109 cm³/mol. The van der Waals surface area contributed by atoms with Crippen molar-refractivity contribution < 1.29 is 9.53 Å². The fourth-order valence-corrected chi connectivity index (χ4v) is 18.2. The Balaban J connectivity index is 2.48. The number of esters is 1. The van der Waals surface area contributed by atoms with Gasteiger partial charge in [-0.25, -0.2) is 4.79 Å². The molecule has 1 N–H and O–H groups in total. The molecule has 0 aliphatic carbocycles. The molecule has 2 rings (SSSR count). The zero-order valence-corrected chi connectivity index (χ0v) is 18.1. The molecular weight excluding hydrogens is 352 g/mol. The maximum atomic E-state index is 12.8. The van der Waals surface area contributed by atoms with E-state index >= 15 is 0 Å². The summed E-state index contributed by atoms with van der Waals surface area (Å²) in [5.41, 5.74) is 1.54. The van der Waals surface area contributed by atoms with E-state index in [4.69, 9.17) is 4.74 Å². The van der Waals surface area contributed by atoms with Crippen LogP contribution in [0, 0.1) is 0 Å². The topological polar surface area (TPSA) is 41.6 Å². The first-order valence-electron chi connectivity index (χ1n) is 8.42. The predicted octanol–water partition coefficient (Wildman–Crippen LogP) is 4.49. The van der Waals surface area contributed by atoms with Crippen LogP contribution < -0.4 is 5.32 Å². The van der Waals surface area contributed by atoms with Crippen LogP contribution in [0.2, 0.25) is 38.3 Å². The summed E-state index contributed by atoms with van der Waals surface area (Å²) in [6, 6.07) is 12.2. The number of hydrogen-bond acceptors (Lipinski definition) is 5. The van der Waals surface area contributed by atoms with Gasteiger partial charge in [0.15, 0.2) is 0 Å². The van der Waals surface area contributed by atoms with E-state index in [-0.39, 0.29) is 5.97 Å². The van der Waals surface area contributed by atoms with Gasteiger partial charge in [-0.05, 0) is 31.1 Å². The van der Waals surface area contributed by atoms with E-state index in [2.05, 4.69) is 48.4 Å².